The summed E-state index contributed by atoms with van der Waals surface area (Å²) >= 11 is 0. The van der Waals surface area contributed by atoms with Gasteiger partial charge in [-0.05, 0) is 25.7 Å². The van der Waals surface area contributed by atoms with Crippen molar-refractivity contribution < 1.29 is 21.8 Å². The molecular formula is C30H60ClN3O. The molecule has 5 heteroatoms. The molecule has 0 aromatic heterocycles. The van der Waals surface area contributed by atoms with Crippen LogP contribution in [0, 0.1) is 5.92 Å². The molecule has 208 valence electrons. The van der Waals surface area contributed by atoms with Crippen molar-refractivity contribution in [2.45, 2.75) is 155 Å². The van der Waals surface area contributed by atoms with Gasteiger partial charge in [-0.1, -0.05) is 124 Å². The van der Waals surface area contributed by atoms with Crippen molar-refractivity contribution in [1.82, 2.24) is 10.6 Å². The molecule has 2 atom stereocenters. The molecule has 0 fully saturated rings. The molecule has 1 rings (SSSR count). The van der Waals surface area contributed by atoms with Gasteiger partial charge in [-0.3, -0.25) is 14.7 Å². The normalized spacial score (nSPS) is 15.6. The minimum atomic E-state index is 0. The second kappa shape index (κ2) is 22.4. The number of halogens is 1. The first kappa shape index (κ1) is 34.2. The van der Waals surface area contributed by atoms with Crippen LogP contribution < -0.4 is 23.0 Å². The fourth-order valence-electron chi connectivity index (χ4n) is 5.37. The van der Waals surface area contributed by atoms with Crippen LogP contribution in [-0.2, 0) is 4.79 Å². The lowest BCUT2D eigenvalue weighted by Gasteiger charge is -2.33. The number of carbonyl (C=O) groups is 1. The molecule has 0 saturated heterocycles. The Kier molecular flexibility index (Phi) is 21.9. The van der Waals surface area contributed by atoms with Crippen LogP contribution in [0.15, 0.2) is 0 Å². The SMILES string of the molecule is CCCCCCCCCCC(C)C(=O)NCC(CC)(CCCCCCCCCC)[N+]1=CNCC1.[Cl-]. The molecule has 2 unspecified atom stereocenters. The molecule has 0 spiro atoms. The molecule has 0 saturated carbocycles. The van der Waals surface area contributed by atoms with E-state index in [9.17, 15) is 4.79 Å². The summed E-state index contributed by atoms with van der Waals surface area (Å²) in [4.78, 5) is 12.9. The minimum Gasteiger partial charge on any atom is -1.00 e. The lowest BCUT2D eigenvalue weighted by atomic mass is 9.87. The number of nitrogens with one attached hydrogen (secondary N) is 2. The monoisotopic (exact) mass is 513 g/mol. The van der Waals surface area contributed by atoms with E-state index in [0.717, 1.165) is 32.5 Å². The van der Waals surface area contributed by atoms with Gasteiger partial charge in [0.2, 0.25) is 12.2 Å². The first-order valence-electron chi connectivity index (χ1n) is 15.2. The van der Waals surface area contributed by atoms with E-state index >= 15 is 0 Å². The molecule has 0 radical (unpaired) electrons. The van der Waals surface area contributed by atoms with E-state index in [2.05, 4.69) is 49.2 Å². The molecule has 1 amide bonds. The summed E-state index contributed by atoms with van der Waals surface area (Å²) < 4.78 is 2.48. The lowest BCUT2D eigenvalue weighted by molar-refractivity contribution is -0.597. The molecule has 0 aromatic rings. The van der Waals surface area contributed by atoms with E-state index in [1.807, 2.05) is 0 Å². The van der Waals surface area contributed by atoms with Crippen molar-refractivity contribution in [3.63, 3.8) is 0 Å². The first-order chi connectivity index (χ1) is 16.6. The van der Waals surface area contributed by atoms with Crippen LogP contribution in [0.3, 0.4) is 0 Å². The van der Waals surface area contributed by atoms with Gasteiger partial charge in [0.1, 0.15) is 18.6 Å². The number of hydrogen-bond acceptors (Lipinski definition) is 2. The van der Waals surface area contributed by atoms with Crippen molar-refractivity contribution in [3.8, 4) is 0 Å². The summed E-state index contributed by atoms with van der Waals surface area (Å²) in [6.07, 6.45) is 26.8. The maximum Gasteiger partial charge on any atom is 0.232 e. The van der Waals surface area contributed by atoms with Crippen LogP contribution in [-0.4, -0.2) is 42.0 Å². The van der Waals surface area contributed by atoms with Crippen LogP contribution in [0.5, 0.6) is 0 Å². The summed E-state index contributed by atoms with van der Waals surface area (Å²) in [5.74, 6) is 0.377. The van der Waals surface area contributed by atoms with Crippen molar-refractivity contribution in [2.75, 3.05) is 19.6 Å². The van der Waals surface area contributed by atoms with Crippen LogP contribution in [0.1, 0.15) is 150 Å². The van der Waals surface area contributed by atoms with Gasteiger partial charge in [-0.2, -0.15) is 0 Å². The largest absolute Gasteiger partial charge is 1.00 e. The standard InChI is InChI=1S/C30H59N3O.ClH/c1-5-8-10-12-14-16-18-20-22-28(4)29(34)32-26-30(7-3,33-25-24-31-27-33)23-21-19-17-15-13-11-9-6-2;/h27-28H,5-26H2,1-4H3,(H,32,34);1H. The third kappa shape index (κ3) is 15.2. The Morgan fingerprint density at radius 3 is 1.86 bits per heavy atom. The predicted molar refractivity (Wildman–Crippen MR) is 149 cm³/mol. The van der Waals surface area contributed by atoms with E-state index in [1.54, 1.807) is 0 Å². The number of unbranched alkanes of at least 4 members (excludes halogenated alkanes) is 14. The summed E-state index contributed by atoms with van der Waals surface area (Å²) in [5, 5.41) is 6.77. The highest BCUT2D eigenvalue weighted by Crippen LogP contribution is 2.25. The first-order valence-corrected chi connectivity index (χ1v) is 15.2. The predicted octanol–water partition coefficient (Wildman–Crippen LogP) is 4.60. The van der Waals surface area contributed by atoms with Gasteiger partial charge in [0.05, 0.1) is 6.54 Å². The van der Waals surface area contributed by atoms with Crippen LogP contribution >= 0.6 is 0 Å². The lowest BCUT2D eigenvalue weighted by Crippen LogP contribution is -3.00. The zero-order chi connectivity index (χ0) is 24.9. The van der Waals surface area contributed by atoms with Gasteiger partial charge in [-0.25, -0.2) is 0 Å². The second-order valence-electron chi connectivity index (χ2n) is 11.0. The Labute approximate surface area is 225 Å². The van der Waals surface area contributed by atoms with E-state index in [0.29, 0.717) is 0 Å². The molecule has 1 aliphatic rings. The summed E-state index contributed by atoms with van der Waals surface area (Å²) in [6.45, 7) is 11.8. The van der Waals surface area contributed by atoms with E-state index in [4.69, 9.17) is 0 Å². The number of hydrogen-bond donors (Lipinski definition) is 2. The number of amides is 1. The fourth-order valence-corrected chi connectivity index (χ4v) is 5.37. The van der Waals surface area contributed by atoms with E-state index < -0.39 is 0 Å². The Bertz CT molecular complexity index is 540. The zero-order valence-corrected chi connectivity index (χ0v) is 24.7. The fraction of sp³-hybridized carbons (Fsp3) is 0.933. The third-order valence-electron chi connectivity index (χ3n) is 8.04. The number of nitrogens with zero attached hydrogens (tertiary/aromatic N) is 1. The number of rotatable bonds is 23. The smallest absolute Gasteiger partial charge is 0.232 e. The molecule has 0 aromatic carbocycles. The summed E-state index contributed by atoms with van der Waals surface area (Å²) in [7, 11) is 0. The maximum atomic E-state index is 12.9. The Balaban J connectivity index is 0.0000116. The minimum absolute atomic E-state index is 0. The zero-order valence-electron chi connectivity index (χ0n) is 23.9. The average molecular weight is 514 g/mol. The number of carbonyl (C=O) groups excluding carboxylic acids is 1. The molecule has 0 bridgehead atoms. The van der Waals surface area contributed by atoms with Gasteiger partial charge < -0.3 is 17.7 Å². The van der Waals surface area contributed by atoms with Gasteiger partial charge in [0, 0.05) is 5.92 Å². The molecular weight excluding hydrogens is 454 g/mol. The second-order valence-corrected chi connectivity index (χ2v) is 11.0. The van der Waals surface area contributed by atoms with Crippen LogP contribution in [0.4, 0.5) is 0 Å². The third-order valence-corrected chi connectivity index (χ3v) is 8.04. The highest BCUT2D eigenvalue weighted by molar-refractivity contribution is 5.78. The topological polar surface area (TPSA) is 44.1 Å². The van der Waals surface area contributed by atoms with Gasteiger partial charge >= 0.3 is 0 Å². The highest BCUT2D eigenvalue weighted by atomic mass is 35.5. The summed E-state index contributed by atoms with van der Waals surface area (Å²) in [5.41, 5.74) is 0.0551. The molecule has 1 heterocycles. The molecule has 2 N–H and O–H groups in total. The summed E-state index contributed by atoms with van der Waals surface area (Å²) in [6, 6.07) is 0. The highest BCUT2D eigenvalue weighted by Gasteiger charge is 2.37. The molecule has 4 nitrogen and oxygen atoms in total. The van der Waals surface area contributed by atoms with Crippen molar-refractivity contribution in [2.24, 2.45) is 5.92 Å². The quantitative estimate of drug-likeness (QED) is 0.155. The van der Waals surface area contributed by atoms with Gasteiger partial charge in [0.15, 0.2) is 0 Å². The average Bonchev–Trinajstić information content (AvgIpc) is 3.40. The van der Waals surface area contributed by atoms with Gasteiger partial charge in [-0.15, -0.1) is 0 Å². The van der Waals surface area contributed by atoms with Gasteiger partial charge in [0.25, 0.3) is 0 Å². The van der Waals surface area contributed by atoms with Crippen LogP contribution in [0.25, 0.3) is 0 Å². The molecule has 1 aliphatic heterocycles. The Morgan fingerprint density at radius 2 is 1.37 bits per heavy atom. The van der Waals surface area contributed by atoms with E-state index in [1.165, 1.54) is 109 Å². The van der Waals surface area contributed by atoms with Crippen molar-refractivity contribution >= 4 is 12.2 Å². The Morgan fingerprint density at radius 1 is 0.857 bits per heavy atom. The molecule has 35 heavy (non-hydrogen) atoms. The maximum absolute atomic E-state index is 12.9. The Hall–Kier alpha value is -0.770. The van der Waals surface area contributed by atoms with Crippen molar-refractivity contribution in [1.29, 1.82) is 0 Å². The van der Waals surface area contributed by atoms with E-state index in [-0.39, 0.29) is 29.8 Å². The van der Waals surface area contributed by atoms with Crippen LogP contribution in [0.2, 0.25) is 0 Å². The molecule has 0 aliphatic carbocycles. The van der Waals surface area contributed by atoms with Crippen molar-refractivity contribution in [3.05, 3.63) is 0 Å².